The van der Waals surface area contributed by atoms with Crippen LogP contribution in [0.3, 0.4) is 0 Å². The predicted molar refractivity (Wildman–Crippen MR) is 104 cm³/mol. The molecule has 3 amide bonds. The molecule has 0 radical (unpaired) electrons. The molecule has 1 aliphatic heterocycles. The first kappa shape index (κ1) is 18.4. The maximum Gasteiger partial charge on any atom is 0.321 e. The van der Waals surface area contributed by atoms with E-state index in [0.717, 1.165) is 25.9 Å². The van der Waals surface area contributed by atoms with E-state index in [4.69, 9.17) is 5.73 Å². The summed E-state index contributed by atoms with van der Waals surface area (Å²) in [6, 6.07) is 7.18. The van der Waals surface area contributed by atoms with Crippen molar-refractivity contribution in [1.29, 1.82) is 0 Å². The largest absolute Gasteiger partial charge is 0.370 e. The van der Waals surface area contributed by atoms with Gasteiger partial charge in [0.1, 0.15) is 5.82 Å². The highest BCUT2D eigenvalue weighted by atomic mass is 16.2. The van der Waals surface area contributed by atoms with Gasteiger partial charge in [-0.1, -0.05) is 6.07 Å². The summed E-state index contributed by atoms with van der Waals surface area (Å²) < 4.78 is 0. The van der Waals surface area contributed by atoms with Crippen LogP contribution in [0.15, 0.2) is 30.5 Å². The minimum atomic E-state index is -0.593. The number of hydrogen-bond donors (Lipinski definition) is 4. The summed E-state index contributed by atoms with van der Waals surface area (Å²) >= 11 is 0. The van der Waals surface area contributed by atoms with Crippen molar-refractivity contribution in [3.8, 4) is 0 Å². The summed E-state index contributed by atoms with van der Waals surface area (Å²) in [6.07, 6.45) is 3.47. The summed E-state index contributed by atoms with van der Waals surface area (Å²) in [5.41, 5.74) is 6.96. The molecule has 0 bridgehead atoms. The highest BCUT2D eigenvalue weighted by molar-refractivity contribution is 5.97. The van der Waals surface area contributed by atoms with Gasteiger partial charge in [-0.3, -0.25) is 4.79 Å². The van der Waals surface area contributed by atoms with E-state index in [1.54, 1.807) is 11.0 Å². The van der Waals surface area contributed by atoms with Crippen molar-refractivity contribution in [2.45, 2.75) is 19.8 Å². The Kier molecular flexibility index (Phi) is 5.70. The molecular formula is C18H23N7O2. The van der Waals surface area contributed by atoms with Gasteiger partial charge in [0.25, 0.3) is 5.91 Å². The summed E-state index contributed by atoms with van der Waals surface area (Å²) in [5, 5.41) is 8.97. The van der Waals surface area contributed by atoms with Crippen molar-refractivity contribution in [3.05, 3.63) is 36.0 Å². The van der Waals surface area contributed by atoms with Crippen molar-refractivity contribution in [2.75, 3.05) is 35.6 Å². The third-order valence-corrected chi connectivity index (χ3v) is 4.16. The lowest BCUT2D eigenvalue weighted by molar-refractivity contribution is 0.100. The first-order valence-electron chi connectivity index (χ1n) is 8.90. The molecule has 1 aromatic carbocycles. The van der Waals surface area contributed by atoms with Gasteiger partial charge < -0.3 is 26.6 Å². The third kappa shape index (κ3) is 4.63. The molecule has 1 aromatic heterocycles. The van der Waals surface area contributed by atoms with Gasteiger partial charge in [0.15, 0.2) is 0 Å². The Bertz CT molecular complexity index is 834. The van der Waals surface area contributed by atoms with Crippen molar-refractivity contribution in [3.63, 3.8) is 0 Å². The van der Waals surface area contributed by atoms with Crippen LogP contribution >= 0.6 is 0 Å². The predicted octanol–water partition coefficient (Wildman–Crippen LogP) is 2.38. The molecule has 0 atom stereocenters. The Labute approximate surface area is 157 Å². The number of aromatic nitrogens is 2. The Morgan fingerprint density at radius 2 is 1.96 bits per heavy atom. The lowest BCUT2D eigenvalue weighted by Crippen LogP contribution is -2.32. The number of nitrogens with two attached hydrogens (primary N) is 1. The van der Waals surface area contributed by atoms with Crippen LogP contribution < -0.4 is 21.7 Å². The molecule has 2 aromatic rings. The molecule has 2 heterocycles. The number of carbonyl (C=O) groups is 2. The third-order valence-electron chi connectivity index (χ3n) is 4.16. The molecule has 9 nitrogen and oxygen atoms in total. The number of benzene rings is 1. The molecule has 1 fully saturated rings. The molecule has 1 aliphatic rings. The summed E-state index contributed by atoms with van der Waals surface area (Å²) in [5.74, 6) is 0.101. The number of anilines is 4. The Morgan fingerprint density at radius 1 is 1.22 bits per heavy atom. The molecule has 3 rings (SSSR count). The van der Waals surface area contributed by atoms with Gasteiger partial charge in [-0.05, 0) is 38.0 Å². The first-order chi connectivity index (χ1) is 13.1. The molecule has 9 heteroatoms. The standard InChI is InChI=1S/C18H23N7O2/c1-2-20-16-14(15(19)26)11-21-17(24-16)22-12-6-5-7-13(10-12)23-18(27)25-8-3-4-9-25/h5-7,10-11H,2-4,8-9H2,1H3,(H2,19,26)(H,23,27)(H2,20,21,22,24). The second kappa shape index (κ2) is 8.35. The zero-order chi connectivity index (χ0) is 19.2. The number of likely N-dealkylation sites (tertiary alicyclic amines) is 1. The van der Waals surface area contributed by atoms with E-state index < -0.39 is 5.91 Å². The minimum absolute atomic E-state index is 0.0962. The van der Waals surface area contributed by atoms with Gasteiger partial charge in [-0.2, -0.15) is 4.98 Å². The minimum Gasteiger partial charge on any atom is -0.370 e. The van der Waals surface area contributed by atoms with Crippen LogP contribution in [0.5, 0.6) is 0 Å². The van der Waals surface area contributed by atoms with Crippen LogP contribution in [0.4, 0.5) is 27.9 Å². The summed E-state index contributed by atoms with van der Waals surface area (Å²) in [6.45, 7) is 4.06. The number of carbonyl (C=O) groups excluding carboxylic acids is 2. The fourth-order valence-corrected chi connectivity index (χ4v) is 2.85. The van der Waals surface area contributed by atoms with E-state index in [-0.39, 0.29) is 11.6 Å². The topological polar surface area (TPSA) is 125 Å². The van der Waals surface area contributed by atoms with E-state index in [2.05, 4.69) is 25.9 Å². The Hall–Kier alpha value is -3.36. The van der Waals surface area contributed by atoms with E-state index in [1.165, 1.54) is 6.20 Å². The van der Waals surface area contributed by atoms with Crippen LogP contribution in [0.2, 0.25) is 0 Å². The molecule has 142 valence electrons. The van der Waals surface area contributed by atoms with Crippen molar-refractivity contribution in [2.24, 2.45) is 5.73 Å². The molecule has 0 unspecified atom stereocenters. The molecule has 1 saturated heterocycles. The number of nitrogens with one attached hydrogen (secondary N) is 3. The number of primary amides is 1. The summed E-state index contributed by atoms with van der Waals surface area (Å²) in [7, 11) is 0. The maximum atomic E-state index is 12.2. The van der Waals surface area contributed by atoms with Crippen LogP contribution in [-0.4, -0.2) is 46.4 Å². The number of rotatable bonds is 6. The van der Waals surface area contributed by atoms with Gasteiger partial charge in [0.05, 0.1) is 5.56 Å². The van der Waals surface area contributed by atoms with Crippen LogP contribution in [-0.2, 0) is 0 Å². The zero-order valence-corrected chi connectivity index (χ0v) is 15.2. The summed E-state index contributed by atoms with van der Waals surface area (Å²) in [4.78, 5) is 33.9. The van der Waals surface area contributed by atoms with E-state index in [0.29, 0.717) is 29.7 Å². The van der Waals surface area contributed by atoms with Gasteiger partial charge in [0.2, 0.25) is 5.95 Å². The highest BCUT2D eigenvalue weighted by Crippen LogP contribution is 2.21. The molecule has 0 saturated carbocycles. The normalized spacial score (nSPS) is 13.3. The molecule has 0 spiro atoms. The molecule has 0 aliphatic carbocycles. The molecule has 5 N–H and O–H groups in total. The number of hydrogen-bond acceptors (Lipinski definition) is 6. The smallest absolute Gasteiger partial charge is 0.321 e. The van der Waals surface area contributed by atoms with E-state index >= 15 is 0 Å². The van der Waals surface area contributed by atoms with Crippen molar-refractivity contribution in [1.82, 2.24) is 14.9 Å². The Morgan fingerprint density at radius 3 is 2.67 bits per heavy atom. The van der Waals surface area contributed by atoms with Gasteiger partial charge in [-0.15, -0.1) is 0 Å². The number of amides is 3. The van der Waals surface area contributed by atoms with Crippen molar-refractivity contribution < 1.29 is 9.59 Å². The average molecular weight is 369 g/mol. The van der Waals surface area contributed by atoms with Crippen LogP contribution in [0, 0.1) is 0 Å². The number of nitrogens with zero attached hydrogens (tertiary/aromatic N) is 3. The van der Waals surface area contributed by atoms with Crippen molar-refractivity contribution >= 4 is 35.1 Å². The van der Waals surface area contributed by atoms with E-state index in [9.17, 15) is 9.59 Å². The maximum absolute atomic E-state index is 12.2. The average Bonchev–Trinajstić information content (AvgIpc) is 3.17. The van der Waals surface area contributed by atoms with E-state index in [1.807, 2.05) is 25.1 Å². The van der Waals surface area contributed by atoms with Crippen LogP contribution in [0.25, 0.3) is 0 Å². The second-order valence-corrected chi connectivity index (χ2v) is 6.18. The fourth-order valence-electron chi connectivity index (χ4n) is 2.85. The second-order valence-electron chi connectivity index (χ2n) is 6.18. The SMILES string of the molecule is CCNc1nc(Nc2cccc(NC(=O)N3CCCC3)c2)ncc1C(N)=O. The molecule has 27 heavy (non-hydrogen) atoms. The first-order valence-corrected chi connectivity index (χ1v) is 8.90. The Balaban J connectivity index is 1.73. The van der Waals surface area contributed by atoms with Gasteiger partial charge in [0, 0.05) is 37.2 Å². The quantitative estimate of drug-likeness (QED) is 0.619. The highest BCUT2D eigenvalue weighted by Gasteiger charge is 2.18. The zero-order valence-electron chi connectivity index (χ0n) is 15.2. The van der Waals surface area contributed by atoms with Gasteiger partial charge in [-0.25, -0.2) is 9.78 Å². The lowest BCUT2D eigenvalue weighted by Gasteiger charge is -2.16. The monoisotopic (exact) mass is 369 g/mol. The van der Waals surface area contributed by atoms with Crippen LogP contribution in [0.1, 0.15) is 30.1 Å². The molecular weight excluding hydrogens is 346 g/mol. The lowest BCUT2D eigenvalue weighted by atomic mass is 10.2. The number of urea groups is 1. The fraction of sp³-hybridized carbons (Fsp3) is 0.333. The van der Waals surface area contributed by atoms with Gasteiger partial charge >= 0.3 is 6.03 Å².